The molecule has 0 radical (unpaired) electrons. The van der Waals surface area contributed by atoms with Crippen LogP contribution >= 0.6 is 0 Å². The third-order valence-corrected chi connectivity index (χ3v) is 5.30. The van der Waals surface area contributed by atoms with Crippen molar-refractivity contribution in [2.75, 3.05) is 19.6 Å². The van der Waals surface area contributed by atoms with Crippen LogP contribution in [-0.4, -0.2) is 42.4 Å². The number of nitrogens with zero attached hydrogens (tertiary/aromatic N) is 1. The number of hydrogen-bond donors (Lipinski definition) is 2. The Kier molecular flexibility index (Phi) is 6.82. The van der Waals surface area contributed by atoms with Crippen LogP contribution in [-0.2, 0) is 16.0 Å². The number of piperidine rings is 1. The predicted octanol–water partition coefficient (Wildman–Crippen LogP) is 2.62. The van der Waals surface area contributed by atoms with E-state index in [1.54, 1.807) is 0 Å². The fourth-order valence-electron chi connectivity index (χ4n) is 3.78. The molecule has 3 rings (SSSR count). The van der Waals surface area contributed by atoms with E-state index in [2.05, 4.69) is 35.6 Å². The fraction of sp³-hybridized carbons (Fsp3) is 0.455. The summed E-state index contributed by atoms with van der Waals surface area (Å²) in [6.07, 6.45) is 4.67. The van der Waals surface area contributed by atoms with Crippen LogP contribution in [0.5, 0.6) is 0 Å². The molecule has 0 saturated carbocycles. The molecule has 2 aromatic carbocycles. The topological polar surface area (TPSA) is 75.4 Å². The van der Waals surface area contributed by atoms with Crippen LogP contribution < -0.4 is 11.1 Å². The Balaban J connectivity index is 1.56. The molecule has 1 fully saturated rings. The van der Waals surface area contributed by atoms with Gasteiger partial charge in [-0.1, -0.05) is 42.5 Å². The number of aryl methyl sites for hydroxylation is 1. The van der Waals surface area contributed by atoms with Crippen LogP contribution in [0, 0.1) is 0 Å². The SMILES string of the molecule is NCCC(=O)NCC1CCCCN1C(=O)CCc1ccc2ccccc2c1. The van der Waals surface area contributed by atoms with E-state index in [0.29, 0.717) is 25.9 Å². The number of hydrogen-bond acceptors (Lipinski definition) is 3. The van der Waals surface area contributed by atoms with Gasteiger partial charge in [0.1, 0.15) is 0 Å². The van der Waals surface area contributed by atoms with Gasteiger partial charge in [0.05, 0.1) is 0 Å². The first-order valence-corrected chi connectivity index (χ1v) is 9.91. The minimum Gasteiger partial charge on any atom is -0.354 e. The molecule has 1 aliphatic heterocycles. The number of carbonyl (C=O) groups is 2. The number of fused-ring (bicyclic) bond motifs is 1. The molecule has 0 aliphatic carbocycles. The Morgan fingerprint density at radius 3 is 2.70 bits per heavy atom. The summed E-state index contributed by atoms with van der Waals surface area (Å²) < 4.78 is 0. The van der Waals surface area contributed by atoms with Gasteiger partial charge in [-0.15, -0.1) is 0 Å². The lowest BCUT2D eigenvalue weighted by molar-refractivity contribution is -0.135. The Bertz CT molecular complexity index is 790. The standard InChI is InChI=1S/C22H29N3O2/c23-13-12-21(26)24-16-20-7-3-4-14-25(20)22(27)11-9-17-8-10-18-5-1-2-6-19(18)15-17/h1-2,5-6,8,10,15,20H,3-4,7,9,11-14,16,23H2,(H,24,26). The normalized spacial score (nSPS) is 17.1. The highest BCUT2D eigenvalue weighted by molar-refractivity contribution is 5.83. The van der Waals surface area contributed by atoms with Gasteiger partial charge >= 0.3 is 0 Å². The second kappa shape index (κ2) is 9.51. The molecule has 1 heterocycles. The van der Waals surface area contributed by atoms with Crippen LogP contribution in [0.2, 0.25) is 0 Å². The maximum absolute atomic E-state index is 12.8. The molecule has 2 amide bonds. The molecule has 1 aliphatic rings. The van der Waals surface area contributed by atoms with E-state index in [9.17, 15) is 9.59 Å². The number of nitrogens with one attached hydrogen (secondary N) is 1. The molecule has 27 heavy (non-hydrogen) atoms. The van der Waals surface area contributed by atoms with Crippen molar-refractivity contribution in [2.24, 2.45) is 5.73 Å². The van der Waals surface area contributed by atoms with E-state index in [-0.39, 0.29) is 17.9 Å². The van der Waals surface area contributed by atoms with Gasteiger partial charge in [-0.05, 0) is 42.0 Å². The summed E-state index contributed by atoms with van der Waals surface area (Å²) in [7, 11) is 0. The average Bonchev–Trinajstić information content (AvgIpc) is 2.71. The van der Waals surface area contributed by atoms with E-state index in [0.717, 1.165) is 32.2 Å². The molecule has 0 bridgehead atoms. The molecule has 144 valence electrons. The Hall–Kier alpha value is -2.40. The minimum absolute atomic E-state index is 0.0355. The number of rotatable bonds is 7. The minimum atomic E-state index is -0.0355. The van der Waals surface area contributed by atoms with E-state index in [4.69, 9.17) is 5.73 Å². The van der Waals surface area contributed by atoms with Gasteiger partial charge in [0.2, 0.25) is 11.8 Å². The fourth-order valence-corrected chi connectivity index (χ4v) is 3.78. The summed E-state index contributed by atoms with van der Waals surface area (Å²) in [5.74, 6) is 0.146. The van der Waals surface area contributed by atoms with Crippen molar-refractivity contribution in [1.29, 1.82) is 0 Å². The largest absolute Gasteiger partial charge is 0.354 e. The first-order chi connectivity index (χ1) is 13.2. The van der Waals surface area contributed by atoms with Crippen LogP contribution in [0.15, 0.2) is 42.5 Å². The van der Waals surface area contributed by atoms with Crippen molar-refractivity contribution in [3.8, 4) is 0 Å². The first kappa shape index (κ1) is 19.4. The van der Waals surface area contributed by atoms with E-state index in [1.165, 1.54) is 16.3 Å². The lowest BCUT2D eigenvalue weighted by atomic mass is 10.00. The van der Waals surface area contributed by atoms with Gasteiger partial charge < -0.3 is 16.0 Å². The highest BCUT2D eigenvalue weighted by atomic mass is 16.2. The van der Waals surface area contributed by atoms with Gasteiger partial charge in [-0.25, -0.2) is 0 Å². The van der Waals surface area contributed by atoms with Crippen LogP contribution in [0.25, 0.3) is 10.8 Å². The molecule has 1 atom stereocenters. The molecule has 1 unspecified atom stereocenters. The van der Waals surface area contributed by atoms with Gasteiger partial charge in [0, 0.05) is 38.5 Å². The second-order valence-corrected chi connectivity index (χ2v) is 7.26. The number of nitrogens with two attached hydrogens (primary N) is 1. The monoisotopic (exact) mass is 367 g/mol. The predicted molar refractivity (Wildman–Crippen MR) is 108 cm³/mol. The van der Waals surface area contributed by atoms with E-state index < -0.39 is 0 Å². The summed E-state index contributed by atoms with van der Waals surface area (Å²) in [5, 5.41) is 5.35. The lowest BCUT2D eigenvalue weighted by Gasteiger charge is -2.36. The van der Waals surface area contributed by atoms with E-state index in [1.807, 2.05) is 17.0 Å². The quantitative estimate of drug-likeness (QED) is 0.790. The molecule has 0 aromatic heterocycles. The maximum Gasteiger partial charge on any atom is 0.223 e. The second-order valence-electron chi connectivity index (χ2n) is 7.26. The molecular weight excluding hydrogens is 338 g/mol. The van der Waals surface area contributed by atoms with Crippen molar-refractivity contribution in [2.45, 2.75) is 44.6 Å². The van der Waals surface area contributed by atoms with Crippen LogP contribution in [0.1, 0.15) is 37.7 Å². The molecule has 2 aromatic rings. The summed E-state index contributed by atoms with van der Waals surface area (Å²) in [6.45, 7) is 1.67. The Labute approximate surface area is 160 Å². The van der Waals surface area contributed by atoms with Gasteiger partial charge in [-0.3, -0.25) is 9.59 Å². The highest BCUT2D eigenvalue weighted by Crippen LogP contribution is 2.20. The molecule has 1 saturated heterocycles. The molecule has 3 N–H and O–H groups in total. The number of carbonyl (C=O) groups excluding carboxylic acids is 2. The number of benzene rings is 2. The van der Waals surface area contributed by atoms with Gasteiger partial charge in [0.25, 0.3) is 0 Å². The number of likely N-dealkylation sites (tertiary alicyclic amines) is 1. The van der Waals surface area contributed by atoms with Crippen molar-refractivity contribution >= 4 is 22.6 Å². The zero-order valence-corrected chi connectivity index (χ0v) is 15.8. The zero-order valence-electron chi connectivity index (χ0n) is 15.8. The van der Waals surface area contributed by atoms with Crippen molar-refractivity contribution in [3.63, 3.8) is 0 Å². The van der Waals surface area contributed by atoms with Gasteiger partial charge in [0.15, 0.2) is 0 Å². The summed E-state index contributed by atoms with van der Waals surface area (Å²) in [4.78, 5) is 26.5. The van der Waals surface area contributed by atoms with Crippen molar-refractivity contribution < 1.29 is 9.59 Å². The lowest BCUT2D eigenvalue weighted by Crippen LogP contribution is -2.49. The first-order valence-electron chi connectivity index (χ1n) is 9.91. The molecule has 0 spiro atoms. The summed E-state index contributed by atoms with van der Waals surface area (Å²) in [5.41, 5.74) is 6.60. The Morgan fingerprint density at radius 1 is 1.07 bits per heavy atom. The maximum atomic E-state index is 12.8. The average molecular weight is 367 g/mol. The highest BCUT2D eigenvalue weighted by Gasteiger charge is 2.26. The Morgan fingerprint density at radius 2 is 1.89 bits per heavy atom. The van der Waals surface area contributed by atoms with Crippen LogP contribution in [0.3, 0.4) is 0 Å². The van der Waals surface area contributed by atoms with Crippen LogP contribution in [0.4, 0.5) is 0 Å². The zero-order chi connectivity index (χ0) is 19.1. The third-order valence-electron chi connectivity index (χ3n) is 5.30. The number of amides is 2. The summed E-state index contributed by atoms with van der Waals surface area (Å²) in [6, 6.07) is 14.8. The van der Waals surface area contributed by atoms with Crippen molar-refractivity contribution in [3.05, 3.63) is 48.0 Å². The summed E-state index contributed by atoms with van der Waals surface area (Å²) >= 11 is 0. The molecule has 5 heteroatoms. The molecular formula is C22H29N3O2. The molecule has 5 nitrogen and oxygen atoms in total. The smallest absolute Gasteiger partial charge is 0.223 e. The third kappa shape index (κ3) is 5.30. The van der Waals surface area contributed by atoms with Crippen molar-refractivity contribution in [1.82, 2.24) is 10.2 Å². The van der Waals surface area contributed by atoms with E-state index >= 15 is 0 Å². The van der Waals surface area contributed by atoms with Gasteiger partial charge in [-0.2, -0.15) is 0 Å².